The molecule has 2 aliphatic heterocycles. The normalized spacial score (nSPS) is 34.8. The highest BCUT2D eigenvalue weighted by Crippen LogP contribution is 2.17. The molecule has 4 heteroatoms. The molecule has 3 atom stereocenters. The second-order valence-electron chi connectivity index (χ2n) is 5.48. The predicted octanol–water partition coefficient (Wildman–Crippen LogP) is 0.442. The first kappa shape index (κ1) is 12.8. The Labute approximate surface area is 104 Å². The first-order valence-electron chi connectivity index (χ1n) is 6.94. The van der Waals surface area contributed by atoms with E-state index >= 15 is 0 Å². The van der Waals surface area contributed by atoms with E-state index in [2.05, 4.69) is 29.4 Å². The molecule has 0 saturated carbocycles. The molecule has 2 fully saturated rings. The number of carbonyl (C=O) groups is 1. The molecule has 0 aromatic carbocycles. The van der Waals surface area contributed by atoms with E-state index in [9.17, 15) is 4.79 Å². The summed E-state index contributed by atoms with van der Waals surface area (Å²) in [5.41, 5.74) is 0. The van der Waals surface area contributed by atoms with Gasteiger partial charge in [0.05, 0.1) is 5.92 Å². The summed E-state index contributed by atoms with van der Waals surface area (Å²) in [7, 11) is 0. The number of likely N-dealkylation sites (N-methyl/N-ethyl adjacent to an activating group) is 1. The minimum absolute atomic E-state index is 0.173. The maximum absolute atomic E-state index is 12.1. The van der Waals surface area contributed by atoms with Gasteiger partial charge in [0.15, 0.2) is 0 Å². The second-order valence-corrected chi connectivity index (χ2v) is 5.48. The molecule has 1 unspecified atom stereocenters. The maximum Gasteiger partial charge on any atom is 0.224 e. The van der Waals surface area contributed by atoms with Crippen molar-refractivity contribution in [1.82, 2.24) is 15.5 Å². The summed E-state index contributed by atoms with van der Waals surface area (Å²) >= 11 is 0. The van der Waals surface area contributed by atoms with Crippen LogP contribution in [0.15, 0.2) is 0 Å². The number of likely N-dealkylation sites (tertiary alicyclic amines) is 1. The van der Waals surface area contributed by atoms with E-state index in [-0.39, 0.29) is 11.8 Å². The van der Waals surface area contributed by atoms with Crippen LogP contribution in [0.5, 0.6) is 0 Å². The summed E-state index contributed by atoms with van der Waals surface area (Å²) in [6.45, 7) is 9.46. The third kappa shape index (κ3) is 3.19. The molecule has 0 aromatic rings. The summed E-state index contributed by atoms with van der Waals surface area (Å²) in [4.78, 5) is 14.6. The summed E-state index contributed by atoms with van der Waals surface area (Å²) in [5.74, 6) is 0.901. The Bertz CT molecular complexity index is 269. The molecule has 17 heavy (non-hydrogen) atoms. The van der Waals surface area contributed by atoms with Gasteiger partial charge < -0.3 is 15.5 Å². The minimum atomic E-state index is 0.173. The predicted molar refractivity (Wildman–Crippen MR) is 68.8 cm³/mol. The molecule has 2 heterocycles. The third-order valence-corrected chi connectivity index (χ3v) is 4.15. The highest BCUT2D eigenvalue weighted by molar-refractivity contribution is 5.79. The SMILES string of the molecule is CCN1CCCC(NC(=O)[C@@H]2CNC[C@H]2C)C1. The van der Waals surface area contributed by atoms with Crippen LogP contribution in [0.4, 0.5) is 0 Å². The Morgan fingerprint density at radius 3 is 2.94 bits per heavy atom. The standard InChI is InChI=1S/C13H25N3O/c1-3-16-6-4-5-11(9-16)15-13(17)12-8-14-7-10(12)2/h10-12,14H,3-9H2,1-2H3,(H,15,17)/t10-,11?,12-/m1/s1. The number of nitrogens with one attached hydrogen (secondary N) is 2. The van der Waals surface area contributed by atoms with Gasteiger partial charge in [-0.15, -0.1) is 0 Å². The zero-order valence-electron chi connectivity index (χ0n) is 11.0. The molecule has 0 aromatic heterocycles. The lowest BCUT2D eigenvalue weighted by Crippen LogP contribution is -2.49. The Hall–Kier alpha value is -0.610. The number of hydrogen-bond acceptors (Lipinski definition) is 3. The average molecular weight is 239 g/mol. The van der Waals surface area contributed by atoms with Crippen molar-refractivity contribution in [3.63, 3.8) is 0 Å². The molecule has 0 spiro atoms. The van der Waals surface area contributed by atoms with Crippen LogP contribution in [0.1, 0.15) is 26.7 Å². The fourth-order valence-corrected chi connectivity index (χ4v) is 2.93. The van der Waals surface area contributed by atoms with Gasteiger partial charge >= 0.3 is 0 Å². The third-order valence-electron chi connectivity index (χ3n) is 4.15. The van der Waals surface area contributed by atoms with E-state index in [1.54, 1.807) is 0 Å². The summed E-state index contributed by atoms with van der Waals surface area (Å²) in [5, 5.41) is 6.52. The number of carbonyl (C=O) groups excluding carboxylic acids is 1. The van der Waals surface area contributed by atoms with Crippen LogP contribution in [0, 0.1) is 11.8 Å². The molecular formula is C13H25N3O. The largest absolute Gasteiger partial charge is 0.352 e. The van der Waals surface area contributed by atoms with Crippen molar-refractivity contribution in [2.45, 2.75) is 32.7 Å². The van der Waals surface area contributed by atoms with E-state index in [0.717, 1.165) is 32.6 Å². The van der Waals surface area contributed by atoms with Gasteiger partial charge in [-0.2, -0.15) is 0 Å². The van der Waals surface area contributed by atoms with Crippen molar-refractivity contribution in [2.24, 2.45) is 11.8 Å². The Morgan fingerprint density at radius 1 is 1.47 bits per heavy atom. The first-order valence-corrected chi connectivity index (χ1v) is 6.94. The molecule has 1 amide bonds. The highest BCUT2D eigenvalue weighted by Gasteiger charge is 2.31. The molecule has 0 bridgehead atoms. The Kier molecular flexibility index (Phi) is 4.40. The Morgan fingerprint density at radius 2 is 2.29 bits per heavy atom. The van der Waals surface area contributed by atoms with Crippen molar-refractivity contribution in [3.8, 4) is 0 Å². The molecule has 98 valence electrons. The Balaban J connectivity index is 1.81. The van der Waals surface area contributed by atoms with Gasteiger partial charge in [-0.3, -0.25) is 4.79 Å². The molecule has 2 saturated heterocycles. The quantitative estimate of drug-likeness (QED) is 0.751. The summed E-state index contributed by atoms with van der Waals surface area (Å²) < 4.78 is 0. The van der Waals surface area contributed by atoms with E-state index in [0.29, 0.717) is 12.0 Å². The summed E-state index contributed by atoms with van der Waals surface area (Å²) in [6, 6.07) is 0.365. The monoisotopic (exact) mass is 239 g/mol. The van der Waals surface area contributed by atoms with Crippen molar-refractivity contribution in [1.29, 1.82) is 0 Å². The number of nitrogens with zero attached hydrogens (tertiary/aromatic N) is 1. The molecule has 2 aliphatic rings. The van der Waals surface area contributed by atoms with Gasteiger partial charge in [0.1, 0.15) is 0 Å². The number of rotatable bonds is 3. The lowest BCUT2D eigenvalue weighted by atomic mass is 9.96. The van der Waals surface area contributed by atoms with Crippen molar-refractivity contribution < 1.29 is 4.79 Å². The lowest BCUT2D eigenvalue weighted by Gasteiger charge is -2.33. The second kappa shape index (κ2) is 5.83. The van der Waals surface area contributed by atoms with Gasteiger partial charge in [-0.25, -0.2) is 0 Å². The van der Waals surface area contributed by atoms with Crippen LogP contribution in [-0.2, 0) is 4.79 Å². The molecule has 0 radical (unpaired) electrons. The topological polar surface area (TPSA) is 44.4 Å². The maximum atomic E-state index is 12.1. The van der Waals surface area contributed by atoms with Crippen LogP contribution in [0.2, 0.25) is 0 Å². The molecular weight excluding hydrogens is 214 g/mol. The van der Waals surface area contributed by atoms with Gasteiger partial charge in [-0.1, -0.05) is 13.8 Å². The summed E-state index contributed by atoms with van der Waals surface area (Å²) in [6.07, 6.45) is 2.34. The minimum Gasteiger partial charge on any atom is -0.352 e. The fourth-order valence-electron chi connectivity index (χ4n) is 2.93. The van der Waals surface area contributed by atoms with Gasteiger partial charge in [0, 0.05) is 19.1 Å². The average Bonchev–Trinajstić information content (AvgIpc) is 2.76. The highest BCUT2D eigenvalue weighted by atomic mass is 16.2. The zero-order valence-corrected chi connectivity index (χ0v) is 11.0. The van der Waals surface area contributed by atoms with Gasteiger partial charge in [0.25, 0.3) is 0 Å². The number of piperidine rings is 1. The van der Waals surface area contributed by atoms with E-state index in [1.807, 2.05) is 0 Å². The van der Waals surface area contributed by atoms with Crippen molar-refractivity contribution in [3.05, 3.63) is 0 Å². The van der Waals surface area contributed by atoms with Crippen molar-refractivity contribution in [2.75, 3.05) is 32.7 Å². The molecule has 4 nitrogen and oxygen atoms in total. The van der Waals surface area contributed by atoms with E-state index in [1.165, 1.54) is 13.0 Å². The van der Waals surface area contributed by atoms with E-state index < -0.39 is 0 Å². The van der Waals surface area contributed by atoms with Crippen LogP contribution >= 0.6 is 0 Å². The lowest BCUT2D eigenvalue weighted by molar-refractivity contribution is -0.126. The number of amides is 1. The smallest absolute Gasteiger partial charge is 0.224 e. The van der Waals surface area contributed by atoms with Crippen LogP contribution in [0.25, 0.3) is 0 Å². The van der Waals surface area contributed by atoms with Crippen LogP contribution < -0.4 is 10.6 Å². The van der Waals surface area contributed by atoms with Crippen molar-refractivity contribution >= 4 is 5.91 Å². The van der Waals surface area contributed by atoms with E-state index in [4.69, 9.17) is 0 Å². The van der Waals surface area contributed by atoms with Crippen LogP contribution in [-0.4, -0.2) is 49.6 Å². The number of hydrogen-bond donors (Lipinski definition) is 2. The molecule has 0 aliphatic carbocycles. The molecule has 2 rings (SSSR count). The van der Waals surface area contributed by atoms with Gasteiger partial charge in [-0.05, 0) is 38.4 Å². The van der Waals surface area contributed by atoms with Gasteiger partial charge in [0.2, 0.25) is 5.91 Å². The first-order chi connectivity index (χ1) is 8.20. The zero-order chi connectivity index (χ0) is 12.3. The fraction of sp³-hybridized carbons (Fsp3) is 0.923. The molecule has 2 N–H and O–H groups in total. The van der Waals surface area contributed by atoms with Crippen LogP contribution in [0.3, 0.4) is 0 Å².